The Balaban J connectivity index is 0.00000450. The van der Waals surface area contributed by atoms with Gasteiger partial charge in [0.25, 0.3) is 0 Å². The molecule has 0 unspecified atom stereocenters. The summed E-state index contributed by atoms with van der Waals surface area (Å²) < 4.78 is 10.8. The van der Waals surface area contributed by atoms with Gasteiger partial charge >= 0.3 is 6.09 Å². The molecule has 2 aliphatic rings. The molecule has 1 amide bonds. The predicted octanol–water partition coefficient (Wildman–Crippen LogP) is 4.11. The highest BCUT2D eigenvalue weighted by atomic mass is 127. The van der Waals surface area contributed by atoms with Gasteiger partial charge in [-0.1, -0.05) is 0 Å². The molecule has 1 saturated heterocycles. The molecule has 0 aromatic carbocycles. The van der Waals surface area contributed by atoms with Crippen LogP contribution in [-0.2, 0) is 9.47 Å². The minimum Gasteiger partial charge on any atom is -0.444 e. The van der Waals surface area contributed by atoms with Crippen molar-refractivity contribution in [1.82, 2.24) is 15.1 Å². The van der Waals surface area contributed by atoms with Gasteiger partial charge in [0.15, 0.2) is 5.96 Å². The molecule has 7 nitrogen and oxygen atoms in total. The molecular formula is C22H43IN4O3. The Morgan fingerprint density at radius 2 is 1.80 bits per heavy atom. The van der Waals surface area contributed by atoms with Crippen molar-refractivity contribution in [1.29, 1.82) is 0 Å². The van der Waals surface area contributed by atoms with Crippen LogP contribution in [0, 0.1) is 5.92 Å². The number of hydrogen-bond donors (Lipinski definition) is 1. The first-order chi connectivity index (χ1) is 13.8. The molecule has 1 aliphatic carbocycles. The molecule has 0 aromatic heterocycles. The smallest absolute Gasteiger partial charge is 0.410 e. The Kier molecular flexibility index (Phi) is 12.4. The molecule has 2 rings (SSSR count). The quantitative estimate of drug-likeness (QED) is 0.207. The number of hydrogen-bond acceptors (Lipinski definition) is 4. The van der Waals surface area contributed by atoms with Crippen LogP contribution in [0.2, 0.25) is 0 Å². The number of methoxy groups -OCH3 is 1. The molecule has 0 radical (unpaired) electrons. The van der Waals surface area contributed by atoms with Gasteiger partial charge < -0.3 is 24.6 Å². The van der Waals surface area contributed by atoms with Gasteiger partial charge in [0.1, 0.15) is 5.60 Å². The number of carbonyl (C=O) groups excluding carboxylic acids is 1. The normalized spacial score (nSPS) is 18.0. The molecule has 1 N–H and O–H groups in total. The van der Waals surface area contributed by atoms with E-state index < -0.39 is 5.60 Å². The lowest BCUT2D eigenvalue weighted by atomic mass is 10.0. The van der Waals surface area contributed by atoms with Crippen LogP contribution >= 0.6 is 24.0 Å². The summed E-state index contributed by atoms with van der Waals surface area (Å²) in [4.78, 5) is 21.6. The molecule has 1 heterocycles. The number of guanidine groups is 1. The standard InChI is InChI=1S/C22H42N4O3.HI/c1-22(2,3)29-21(27)26(17-18-9-10-18)19-11-14-25(15-12-19)20(23-4)24-13-7-6-8-16-28-5;/h18-19H,6-17H2,1-5H3,(H,23,24);1H. The Bertz CT molecular complexity index is 527. The van der Waals surface area contributed by atoms with E-state index in [-0.39, 0.29) is 36.1 Å². The van der Waals surface area contributed by atoms with Crippen molar-refractivity contribution in [2.75, 3.05) is 46.9 Å². The van der Waals surface area contributed by atoms with Gasteiger partial charge in [0.05, 0.1) is 0 Å². The lowest BCUT2D eigenvalue weighted by Crippen LogP contribution is -2.52. The molecular weight excluding hydrogens is 495 g/mol. The first kappa shape index (κ1) is 27.3. The van der Waals surface area contributed by atoms with Gasteiger partial charge in [-0.15, -0.1) is 24.0 Å². The fourth-order valence-corrected chi connectivity index (χ4v) is 3.74. The van der Waals surface area contributed by atoms with Crippen molar-refractivity contribution in [3.05, 3.63) is 0 Å². The second-order valence-electron chi connectivity index (χ2n) is 9.32. The third kappa shape index (κ3) is 10.0. The fraction of sp³-hybridized carbons (Fsp3) is 0.909. The monoisotopic (exact) mass is 538 g/mol. The molecule has 0 aromatic rings. The van der Waals surface area contributed by atoms with Gasteiger partial charge in [-0.05, 0) is 71.6 Å². The molecule has 0 atom stereocenters. The number of piperidine rings is 1. The van der Waals surface area contributed by atoms with Crippen molar-refractivity contribution in [3.63, 3.8) is 0 Å². The van der Waals surface area contributed by atoms with Crippen molar-refractivity contribution >= 4 is 36.0 Å². The maximum absolute atomic E-state index is 12.8. The van der Waals surface area contributed by atoms with E-state index in [0.717, 1.165) is 70.8 Å². The summed E-state index contributed by atoms with van der Waals surface area (Å²) >= 11 is 0. The van der Waals surface area contributed by atoms with E-state index in [1.807, 2.05) is 32.7 Å². The number of ether oxygens (including phenoxy) is 2. The van der Waals surface area contributed by atoms with Gasteiger partial charge in [0.2, 0.25) is 0 Å². The van der Waals surface area contributed by atoms with Crippen LogP contribution in [0.15, 0.2) is 4.99 Å². The van der Waals surface area contributed by atoms with Crippen LogP contribution in [0.25, 0.3) is 0 Å². The van der Waals surface area contributed by atoms with E-state index in [0.29, 0.717) is 5.92 Å². The first-order valence-corrected chi connectivity index (χ1v) is 11.3. The van der Waals surface area contributed by atoms with Gasteiger partial charge in [-0.25, -0.2) is 4.79 Å². The summed E-state index contributed by atoms with van der Waals surface area (Å²) in [6.45, 7) is 10.2. The van der Waals surface area contributed by atoms with Crippen LogP contribution in [0.5, 0.6) is 0 Å². The van der Waals surface area contributed by atoms with E-state index in [4.69, 9.17) is 9.47 Å². The molecule has 30 heavy (non-hydrogen) atoms. The Labute approximate surface area is 200 Å². The summed E-state index contributed by atoms with van der Waals surface area (Å²) in [7, 11) is 3.59. The Morgan fingerprint density at radius 3 is 2.33 bits per heavy atom. The Morgan fingerprint density at radius 1 is 1.13 bits per heavy atom. The van der Waals surface area contributed by atoms with Crippen LogP contribution in [-0.4, -0.2) is 80.4 Å². The minimum atomic E-state index is -0.450. The summed E-state index contributed by atoms with van der Waals surface area (Å²) in [6.07, 6.45) is 7.61. The number of aliphatic imine (C=N–C) groups is 1. The van der Waals surface area contributed by atoms with E-state index in [9.17, 15) is 4.79 Å². The number of halogens is 1. The zero-order valence-electron chi connectivity index (χ0n) is 19.6. The first-order valence-electron chi connectivity index (χ1n) is 11.3. The Hall–Kier alpha value is -0.770. The number of nitrogens with zero attached hydrogens (tertiary/aromatic N) is 3. The third-order valence-electron chi connectivity index (χ3n) is 5.50. The zero-order chi connectivity index (χ0) is 21.3. The van der Waals surface area contributed by atoms with Crippen molar-refractivity contribution in [2.45, 2.75) is 77.4 Å². The third-order valence-corrected chi connectivity index (χ3v) is 5.50. The number of carbonyl (C=O) groups is 1. The van der Waals surface area contributed by atoms with Gasteiger partial charge in [-0.2, -0.15) is 0 Å². The van der Waals surface area contributed by atoms with Gasteiger partial charge in [0, 0.05) is 53.0 Å². The van der Waals surface area contributed by atoms with Crippen LogP contribution in [0.1, 0.15) is 65.7 Å². The highest BCUT2D eigenvalue weighted by molar-refractivity contribution is 14.0. The SMILES string of the molecule is CN=C(NCCCCCOC)N1CCC(N(CC2CC2)C(=O)OC(C)(C)C)CC1.I. The largest absolute Gasteiger partial charge is 0.444 e. The molecule has 0 bridgehead atoms. The van der Waals surface area contributed by atoms with Crippen molar-refractivity contribution in [3.8, 4) is 0 Å². The lowest BCUT2D eigenvalue weighted by Gasteiger charge is -2.40. The minimum absolute atomic E-state index is 0. The number of nitrogens with one attached hydrogen (secondary N) is 1. The average molecular weight is 539 g/mol. The number of rotatable bonds is 9. The van der Waals surface area contributed by atoms with Crippen LogP contribution in [0.3, 0.4) is 0 Å². The van der Waals surface area contributed by atoms with Crippen LogP contribution in [0.4, 0.5) is 4.79 Å². The highest BCUT2D eigenvalue weighted by Gasteiger charge is 2.35. The van der Waals surface area contributed by atoms with Crippen molar-refractivity contribution < 1.29 is 14.3 Å². The lowest BCUT2D eigenvalue weighted by molar-refractivity contribution is 0.00928. The summed E-state index contributed by atoms with van der Waals surface area (Å²) in [5.74, 6) is 1.63. The van der Waals surface area contributed by atoms with E-state index in [1.54, 1.807) is 7.11 Å². The summed E-state index contributed by atoms with van der Waals surface area (Å²) in [5.41, 5.74) is -0.450. The summed E-state index contributed by atoms with van der Waals surface area (Å²) in [6, 6.07) is 0.258. The van der Waals surface area contributed by atoms with Crippen molar-refractivity contribution in [2.24, 2.45) is 10.9 Å². The maximum atomic E-state index is 12.8. The number of likely N-dealkylation sites (tertiary alicyclic amines) is 1. The van der Waals surface area contributed by atoms with E-state index >= 15 is 0 Å². The molecule has 176 valence electrons. The molecule has 1 aliphatic heterocycles. The predicted molar refractivity (Wildman–Crippen MR) is 133 cm³/mol. The fourth-order valence-electron chi connectivity index (χ4n) is 3.74. The summed E-state index contributed by atoms with van der Waals surface area (Å²) in [5, 5.41) is 3.49. The highest BCUT2D eigenvalue weighted by Crippen LogP contribution is 2.32. The topological polar surface area (TPSA) is 66.4 Å². The van der Waals surface area contributed by atoms with E-state index in [1.165, 1.54) is 12.8 Å². The average Bonchev–Trinajstić information content (AvgIpc) is 3.49. The van der Waals surface area contributed by atoms with Crippen LogP contribution < -0.4 is 5.32 Å². The molecule has 8 heteroatoms. The second kappa shape index (κ2) is 13.6. The van der Waals surface area contributed by atoms with Gasteiger partial charge in [-0.3, -0.25) is 4.99 Å². The van der Waals surface area contributed by atoms with E-state index in [2.05, 4.69) is 15.2 Å². The molecule has 0 spiro atoms. The molecule has 1 saturated carbocycles. The zero-order valence-corrected chi connectivity index (χ0v) is 21.9. The molecule has 2 fully saturated rings. The number of unbranched alkanes of at least 4 members (excludes halogenated alkanes) is 2. The second-order valence-corrected chi connectivity index (χ2v) is 9.32. The maximum Gasteiger partial charge on any atom is 0.410 e. The number of amides is 1.